The van der Waals surface area contributed by atoms with E-state index in [4.69, 9.17) is 81.1 Å². The number of rotatable bonds is 1. The summed E-state index contributed by atoms with van der Waals surface area (Å²) in [5, 5.41) is 0. The van der Waals surface area contributed by atoms with Gasteiger partial charge in [0.2, 0.25) is 7.59 Å². The molecule has 0 saturated carbocycles. The topological polar surface area (TPSA) is 52.0 Å². The van der Waals surface area contributed by atoms with Gasteiger partial charge < -0.3 is 11.5 Å². The predicted molar refractivity (Wildman–Crippen MR) is 99.2 cm³/mol. The van der Waals surface area contributed by atoms with Gasteiger partial charge in [0.1, 0.15) is 0 Å². The maximum atomic E-state index is 6.10. The lowest BCUT2D eigenvalue weighted by atomic mass is 9.95. The molecule has 2 aromatic rings. The molecule has 22 heavy (non-hydrogen) atoms. The smallest absolute Gasteiger partial charge is 0.218 e. The zero-order chi connectivity index (χ0) is 16.7. The summed E-state index contributed by atoms with van der Waals surface area (Å²) in [6.07, 6.45) is 0. The molecule has 4 N–H and O–H groups in total. The van der Waals surface area contributed by atoms with Crippen molar-refractivity contribution in [2.24, 2.45) is 0 Å². The molecule has 0 radical (unpaired) electrons. The largest absolute Gasteiger partial charge is 0.399 e. The average Bonchev–Trinajstić information content (AvgIpc) is 2.37. The lowest BCUT2D eigenvalue weighted by molar-refractivity contribution is 1.12. The van der Waals surface area contributed by atoms with Crippen LogP contribution >= 0.6 is 69.6 Å². The van der Waals surface area contributed by atoms with Crippen LogP contribution in [0, 0.1) is 0 Å². The van der Waals surface area contributed by atoms with Gasteiger partial charge in [-0.15, -0.1) is 0 Å². The molecular formula is C14H10Cl6N2. The van der Waals surface area contributed by atoms with Crippen molar-refractivity contribution in [2.45, 2.75) is 7.59 Å². The van der Waals surface area contributed by atoms with E-state index in [1.165, 1.54) is 0 Å². The van der Waals surface area contributed by atoms with Gasteiger partial charge in [0.15, 0.2) is 0 Å². The minimum Gasteiger partial charge on any atom is -0.399 e. The molecule has 118 valence electrons. The molecule has 0 saturated heterocycles. The molecule has 0 unspecified atom stereocenters. The van der Waals surface area contributed by atoms with E-state index < -0.39 is 7.59 Å². The molecule has 0 fully saturated rings. The Balaban J connectivity index is 2.83. The van der Waals surface area contributed by atoms with E-state index in [2.05, 4.69) is 0 Å². The Morgan fingerprint density at radius 1 is 0.636 bits per heavy atom. The van der Waals surface area contributed by atoms with Gasteiger partial charge in [0.05, 0.1) is 0 Å². The van der Waals surface area contributed by atoms with Crippen molar-refractivity contribution < 1.29 is 0 Å². The molecule has 2 rings (SSSR count). The first kappa shape index (κ1) is 18.1. The van der Waals surface area contributed by atoms with E-state index in [1.807, 2.05) is 0 Å². The highest BCUT2D eigenvalue weighted by molar-refractivity contribution is 6.69. The number of hydrogen-bond donors (Lipinski definition) is 2. The lowest BCUT2D eigenvalue weighted by Gasteiger charge is -2.26. The fourth-order valence-electron chi connectivity index (χ4n) is 2.12. The normalized spacial score (nSPS) is 12.5. The number of nitrogen functional groups attached to an aromatic ring is 2. The van der Waals surface area contributed by atoms with Crippen LogP contribution in [0.4, 0.5) is 11.4 Å². The number of hydrogen-bond acceptors (Lipinski definition) is 2. The highest BCUT2D eigenvalue weighted by Gasteiger charge is 2.38. The third kappa shape index (κ3) is 3.81. The highest BCUT2D eigenvalue weighted by atomic mass is 35.6. The maximum Gasteiger partial charge on any atom is 0.218 e. The zero-order valence-corrected chi connectivity index (χ0v) is 15.4. The molecule has 0 aliphatic carbocycles. The van der Waals surface area contributed by atoms with Crippen molar-refractivity contribution in [1.82, 2.24) is 0 Å². The Morgan fingerprint density at radius 3 is 1.59 bits per heavy atom. The number of nitrogens with two attached hydrogens (primary N) is 2. The van der Waals surface area contributed by atoms with Gasteiger partial charge in [0, 0.05) is 22.5 Å². The SMILES string of the molecule is Nc1ccc(-c2ccc(N)c(C(Cl)(Cl)Cl)c2C(Cl)(Cl)Cl)cc1. The summed E-state index contributed by atoms with van der Waals surface area (Å²) in [6.45, 7) is 0. The van der Waals surface area contributed by atoms with E-state index in [1.54, 1.807) is 36.4 Å². The monoisotopic (exact) mass is 416 g/mol. The van der Waals surface area contributed by atoms with Crippen molar-refractivity contribution in [3.05, 3.63) is 47.5 Å². The number of anilines is 2. The van der Waals surface area contributed by atoms with Crippen molar-refractivity contribution >= 4 is 81.0 Å². The van der Waals surface area contributed by atoms with Crippen LogP contribution in [-0.4, -0.2) is 0 Å². The van der Waals surface area contributed by atoms with Crippen LogP contribution in [0.15, 0.2) is 36.4 Å². The number of halogens is 6. The van der Waals surface area contributed by atoms with E-state index in [0.717, 1.165) is 5.56 Å². The Kier molecular flexibility index (Phi) is 5.23. The van der Waals surface area contributed by atoms with Crippen LogP contribution in [-0.2, 0) is 7.59 Å². The van der Waals surface area contributed by atoms with E-state index in [0.29, 0.717) is 11.3 Å². The molecule has 0 aliphatic rings. The quantitative estimate of drug-likeness (QED) is 0.429. The van der Waals surface area contributed by atoms with Crippen molar-refractivity contribution in [1.29, 1.82) is 0 Å². The van der Waals surface area contributed by atoms with E-state index in [-0.39, 0.29) is 16.8 Å². The molecule has 0 spiro atoms. The Hall–Kier alpha value is -0.220. The summed E-state index contributed by atoms with van der Waals surface area (Å²) in [5.74, 6) is 0. The van der Waals surface area contributed by atoms with Crippen LogP contribution in [0.2, 0.25) is 0 Å². The van der Waals surface area contributed by atoms with Crippen LogP contribution in [0.3, 0.4) is 0 Å². The molecule has 0 aromatic heterocycles. The third-order valence-corrected chi connectivity index (χ3v) is 4.16. The number of alkyl halides is 6. The zero-order valence-electron chi connectivity index (χ0n) is 10.9. The van der Waals surface area contributed by atoms with Gasteiger partial charge in [-0.25, -0.2) is 0 Å². The van der Waals surface area contributed by atoms with Gasteiger partial charge in [0.25, 0.3) is 0 Å². The van der Waals surface area contributed by atoms with Crippen LogP contribution < -0.4 is 11.5 Å². The molecule has 0 atom stereocenters. The second-order valence-corrected chi connectivity index (χ2v) is 9.13. The summed E-state index contributed by atoms with van der Waals surface area (Å²) < 4.78 is -3.67. The summed E-state index contributed by atoms with van der Waals surface area (Å²) in [5.41, 5.74) is 14.2. The Bertz CT molecular complexity index is 686. The van der Waals surface area contributed by atoms with Gasteiger partial charge >= 0.3 is 0 Å². The molecule has 8 heteroatoms. The standard InChI is InChI=1S/C14H10Cl6N2/c15-13(16,17)11-9(7-1-3-8(21)4-2-7)5-6-10(22)12(11)14(18,19)20/h1-6H,21-22H2. The molecule has 0 amide bonds. The fraction of sp³-hybridized carbons (Fsp3) is 0.143. The van der Waals surface area contributed by atoms with Gasteiger partial charge in [-0.2, -0.15) is 0 Å². The summed E-state index contributed by atoms with van der Waals surface area (Å²) in [6, 6.07) is 10.3. The Labute approximate surface area is 158 Å². The maximum absolute atomic E-state index is 6.10. The van der Waals surface area contributed by atoms with Crippen molar-refractivity contribution in [3.63, 3.8) is 0 Å². The summed E-state index contributed by atoms with van der Waals surface area (Å²) >= 11 is 36.4. The first-order chi connectivity index (χ1) is 10.0. The first-order valence-electron chi connectivity index (χ1n) is 5.94. The van der Waals surface area contributed by atoms with Crippen LogP contribution in [0.5, 0.6) is 0 Å². The first-order valence-corrected chi connectivity index (χ1v) is 8.21. The predicted octanol–water partition coefficient (Wildman–Crippen LogP) is 6.17. The molecule has 0 heterocycles. The van der Waals surface area contributed by atoms with E-state index >= 15 is 0 Å². The Morgan fingerprint density at radius 2 is 1.14 bits per heavy atom. The van der Waals surface area contributed by atoms with Gasteiger partial charge in [-0.1, -0.05) is 87.8 Å². The van der Waals surface area contributed by atoms with Crippen LogP contribution in [0.25, 0.3) is 11.1 Å². The van der Waals surface area contributed by atoms with E-state index in [9.17, 15) is 0 Å². The summed E-state index contributed by atoms with van der Waals surface area (Å²) in [7, 11) is 0. The molecule has 2 nitrogen and oxygen atoms in total. The van der Waals surface area contributed by atoms with Crippen LogP contribution in [0.1, 0.15) is 11.1 Å². The number of benzene rings is 2. The second-order valence-electron chi connectivity index (χ2n) is 4.57. The molecule has 2 aromatic carbocycles. The highest BCUT2D eigenvalue weighted by Crippen LogP contribution is 2.53. The fourth-order valence-corrected chi connectivity index (χ4v) is 3.32. The minimum absolute atomic E-state index is 0.145. The minimum atomic E-state index is -1.84. The van der Waals surface area contributed by atoms with Gasteiger partial charge in [-0.3, -0.25) is 0 Å². The van der Waals surface area contributed by atoms with Gasteiger partial charge in [-0.05, 0) is 29.3 Å². The second kappa shape index (κ2) is 6.35. The molecule has 0 bridgehead atoms. The van der Waals surface area contributed by atoms with Crippen molar-refractivity contribution in [2.75, 3.05) is 11.5 Å². The van der Waals surface area contributed by atoms with Crippen molar-refractivity contribution in [3.8, 4) is 11.1 Å². The third-order valence-electron chi connectivity index (χ3n) is 3.03. The lowest BCUT2D eigenvalue weighted by Crippen LogP contribution is -2.16. The summed E-state index contributed by atoms with van der Waals surface area (Å²) in [4.78, 5) is 0. The average molecular weight is 419 g/mol. The molecule has 0 aliphatic heterocycles. The molecular weight excluding hydrogens is 409 g/mol.